The first-order chi connectivity index (χ1) is 7.43. The molecule has 1 heterocycles. The Kier molecular flexibility index (Phi) is 0.945. The van der Waals surface area contributed by atoms with Crippen molar-refractivity contribution < 1.29 is 5.48 Å². The van der Waals surface area contributed by atoms with E-state index >= 15 is 0 Å². The van der Waals surface area contributed by atoms with Crippen LogP contribution in [0.25, 0.3) is 10.9 Å². The van der Waals surface area contributed by atoms with Gasteiger partial charge in [0.25, 0.3) is 0 Å². The lowest BCUT2D eigenvalue weighted by Gasteiger charge is -1.99. The molecule has 0 saturated carbocycles. The van der Waals surface area contributed by atoms with Crippen LogP contribution in [0.4, 0.5) is 5.95 Å². The first kappa shape index (κ1) is 4.18. The number of para-hydroxylation sites is 1. The molecule has 0 atom stereocenters. The van der Waals surface area contributed by atoms with Crippen LogP contribution in [-0.4, -0.2) is 9.97 Å². The average Bonchev–Trinajstić information content (AvgIpc) is 2.22. The van der Waals surface area contributed by atoms with E-state index in [-0.39, 0.29) is 45.6 Å². The molecule has 3 nitrogen and oxygen atoms in total. The van der Waals surface area contributed by atoms with Gasteiger partial charge in [0.2, 0.25) is 5.95 Å². The van der Waals surface area contributed by atoms with Crippen LogP contribution in [0.15, 0.2) is 28.8 Å². The van der Waals surface area contributed by atoms with Crippen LogP contribution in [0.5, 0.6) is 0 Å². The van der Waals surface area contributed by atoms with E-state index < -0.39 is 0 Å². The fourth-order valence-corrected chi connectivity index (χ4v) is 1.30. The van der Waals surface area contributed by atoms with Crippen molar-refractivity contribution in [2.45, 2.75) is 0 Å². The molecule has 2 N–H and O–H groups in total. The van der Waals surface area contributed by atoms with Crippen LogP contribution >= 0.6 is 15.9 Å². The highest BCUT2D eigenvalue weighted by molar-refractivity contribution is 9.10. The second-order valence-electron chi connectivity index (χ2n) is 2.10. The van der Waals surface area contributed by atoms with Gasteiger partial charge in [-0.25, -0.2) is 9.97 Å². The lowest BCUT2D eigenvalue weighted by molar-refractivity contribution is 1.21. The highest BCUT2D eigenvalue weighted by atomic mass is 79.9. The van der Waals surface area contributed by atoms with Gasteiger partial charge in [0.15, 0.2) is 0 Å². The maximum absolute atomic E-state index is 7.70. The predicted molar refractivity (Wildman–Crippen MR) is 51.7 cm³/mol. The van der Waals surface area contributed by atoms with Gasteiger partial charge in [-0.15, -0.1) is 0 Å². The van der Waals surface area contributed by atoms with Gasteiger partial charge >= 0.3 is 0 Å². The van der Waals surface area contributed by atoms with Gasteiger partial charge in [-0.1, -0.05) is 18.1 Å². The fourth-order valence-electron chi connectivity index (χ4n) is 0.835. The Labute approximate surface area is 83.4 Å². The van der Waals surface area contributed by atoms with E-state index in [2.05, 4.69) is 25.9 Å². The molecule has 2 aromatic rings. The summed E-state index contributed by atoms with van der Waals surface area (Å²) in [5, 5.41) is 0.236. The minimum Gasteiger partial charge on any atom is -0.368 e. The number of fused-ring (bicyclic) bond motifs is 1. The number of hydrogen-bond donors (Lipinski definition) is 1. The number of rotatable bonds is 0. The Bertz CT molecular complexity index is 602. The van der Waals surface area contributed by atoms with Crippen molar-refractivity contribution in [3.05, 3.63) is 28.8 Å². The smallest absolute Gasteiger partial charge is 0.221 e. The number of nitrogens with zero attached hydrogens (tertiary/aromatic N) is 2. The quantitative estimate of drug-likeness (QED) is 0.701. The zero-order valence-corrected chi connectivity index (χ0v) is 7.44. The van der Waals surface area contributed by atoms with Crippen LogP contribution in [0.3, 0.4) is 0 Å². The van der Waals surface area contributed by atoms with Gasteiger partial charge in [-0.05, 0) is 22.0 Å². The number of aromatic nitrogens is 2. The molecule has 0 bridgehead atoms. The number of nitrogen functional groups attached to an aromatic ring is 1. The monoisotopic (exact) mass is 227 g/mol. The van der Waals surface area contributed by atoms with E-state index in [9.17, 15) is 0 Å². The maximum Gasteiger partial charge on any atom is 0.221 e. The molecule has 1 aromatic carbocycles. The average molecular weight is 228 g/mol. The predicted octanol–water partition coefficient (Wildman–Crippen LogP) is 1.97. The van der Waals surface area contributed by atoms with Crippen LogP contribution in [0.2, 0.25) is 0 Å². The summed E-state index contributed by atoms with van der Waals surface area (Å²) in [6.07, 6.45) is 0. The standard InChI is InChI=1S/C8H6BrN3/c9-7-5-3-1-2-4-6(5)11-8(10)12-7/h1-4H,(H2,10,11,12)/i1D,2D,3D,4D. The van der Waals surface area contributed by atoms with E-state index in [1.807, 2.05) is 0 Å². The second-order valence-corrected chi connectivity index (χ2v) is 2.85. The topological polar surface area (TPSA) is 51.8 Å². The molecular formula is C8H6BrN3. The van der Waals surface area contributed by atoms with Gasteiger partial charge < -0.3 is 5.73 Å². The minimum atomic E-state index is -0.331. The number of nitrogens with two attached hydrogens (primary N) is 1. The first-order valence-electron chi connectivity index (χ1n) is 5.12. The van der Waals surface area contributed by atoms with E-state index in [1.54, 1.807) is 0 Å². The molecule has 0 unspecified atom stereocenters. The molecule has 60 valence electrons. The van der Waals surface area contributed by atoms with Gasteiger partial charge in [-0.3, -0.25) is 0 Å². The molecule has 2 rings (SSSR count). The van der Waals surface area contributed by atoms with Crippen molar-refractivity contribution in [2.75, 3.05) is 5.73 Å². The lowest BCUT2D eigenvalue weighted by Crippen LogP contribution is -1.95. The highest BCUT2D eigenvalue weighted by Crippen LogP contribution is 2.20. The van der Waals surface area contributed by atoms with Crippen molar-refractivity contribution in [3.8, 4) is 0 Å². The van der Waals surface area contributed by atoms with Gasteiger partial charge in [0.1, 0.15) is 4.60 Å². The van der Waals surface area contributed by atoms with E-state index in [1.165, 1.54) is 0 Å². The number of anilines is 1. The summed E-state index contributed by atoms with van der Waals surface area (Å²) >= 11 is 3.11. The van der Waals surface area contributed by atoms with Crippen LogP contribution in [0, 0.1) is 0 Å². The molecule has 4 heteroatoms. The lowest BCUT2D eigenvalue weighted by atomic mass is 10.2. The first-order valence-corrected chi connectivity index (χ1v) is 3.92. The third-order valence-electron chi connectivity index (χ3n) is 1.31. The van der Waals surface area contributed by atoms with Crippen molar-refractivity contribution >= 4 is 32.8 Å². The maximum atomic E-state index is 7.70. The summed E-state index contributed by atoms with van der Waals surface area (Å²) in [4.78, 5) is 7.63. The second kappa shape index (κ2) is 2.71. The zero-order valence-electron chi connectivity index (χ0n) is 9.85. The third-order valence-corrected chi connectivity index (χ3v) is 1.89. The zero-order chi connectivity index (χ0) is 12.0. The molecule has 0 saturated heterocycles. The Morgan fingerprint density at radius 1 is 1.33 bits per heavy atom. The Morgan fingerprint density at radius 3 is 2.92 bits per heavy atom. The number of benzene rings is 1. The van der Waals surface area contributed by atoms with Crippen LogP contribution in [0.1, 0.15) is 5.48 Å². The normalized spacial score (nSPS) is 15.1. The van der Waals surface area contributed by atoms with E-state index in [0.717, 1.165) is 0 Å². The van der Waals surface area contributed by atoms with Crippen molar-refractivity contribution in [3.63, 3.8) is 0 Å². The molecular weight excluding hydrogens is 218 g/mol. The molecule has 12 heavy (non-hydrogen) atoms. The summed E-state index contributed by atoms with van der Waals surface area (Å²) in [6.45, 7) is 0. The third kappa shape index (κ3) is 1.14. The number of hydrogen-bond acceptors (Lipinski definition) is 3. The van der Waals surface area contributed by atoms with E-state index in [0.29, 0.717) is 0 Å². The summed E-state index contributed by atoms with van der Waals surface area (Å²) in [5.74, 6) is -0.0376. The molecule has 0 fully saturated rings. The molecule has 0 aliphatic heterocycles. The summed E-state index contributed by atoms with van der Waals surface area (Å²) in [7, 11) is 0. The fraction of sp³-hybridized carbons (Fsp3) is 0. The van der Waals surface area contributed by atoms with Crippen molar-refractivity contribution in [1.29, 1.82) is 0 Å². The Balaban J connectivity index is 3.08. The van der Waals surface area contributed by atoms with Crippen LogP contribution in [-0.2, 0) is 0 Å². The highest BCUT2D eigenvalue weighted by Gasteiger charge is 2.00. The molecule has 0 aliphatic rings. The van der Waals surface area contributed by atoms with Crippen molar-refractivity contribution in [2.24, 2.45) is 0 Å². The SMILES string of the molecule is [2H]c1c([2H])c([2H])c2c(Br)nc(N)nc2c1[2H]. The number of halogens is 1. The molecule has 0 amide bonds. The molecule has 0 aliphatic carbocycles. The molecule has 0 radical (unpaired) electrons. The van der Waals surface area contributed by atoms with E-state index in [4.69, 9.17) is 11.2 Å². The Morgan fingerprint density at radius 2 is 2.08 bits per heavy atom. The Hall–Kier alpha value is -1.16. The van der Waals surface area contributed by atoms with Gasteiger partial charge in [-0.2, -0.15) is 0 Å². The van der Waals surface area contributed by atoms with Crippen LogP contribution < -0.4 is 5.73 Å². The van der Waals surface area contributed by atoms with Crippen molar-refractivity contribution in [1.82, 2.24) is 9.97 Å². The van der Waals surface area contributed by atoms with Gasteiger partial charge in [0, 0.05) is 5.39 Å². The molecule has 0 spiro atoms. The summed E-state index contributed by atoms with van der Waals surface area (Å²) < 4.78 is 30.6. The molecule has 1 aromatic heterocycles. The summed E-state index contributed by atoms with van der Waals surface area (Å²) in [6, 6.07) is -1.04. The summed E-state index contributed by atoms with van der Waals surface area (Å²) in [5.41, 5.74) is 5.54. The largest absolute Gasteiger partial charge is 0.368 e. The van der Waals surface area contributed by atoms with Gasteiger partial charge in [0.05, 0.1) is 11.0 Å². The minimum absolute atomic E-state index is 0.0376.